The van der Waals surface area contributed by atoms with E-state index in [1.165, 1.54) is 4.90 Å². The number of nitrogens with zero attached hydrogens (tertiary/aromatic N) is 1. The lowest BCUT2D eigenvalue weighted by Crippen LogP contribution is -2.27. The fraction of sp³-hybridized carbons (Fsp3) is 0.364. The van der Waals surface area contributed by atoms with Crippen LogP contribution >= 0.6 is 11.8 Å². The average Bonchev–Trinajstić information content (AvgIpc) is 2.58. The molecule has 1 fully saturated rings. The fourth-order valence-electron chi connectivity index (χ4n) is 1.76. The highest BCUT2D eigenvalue weighted by atomic mass is 32.2. The summed E-state index contributed by atoms with van der Waals surface area (Å²) >= 11 is 1.67. The van der Waals surface area contributed by atoms with Crippen LogP contribution in [0.1, 0.15) is 6.42 Å². The Morgan fingerprint density at radius 1 is 1.53 bits per heavy atom. The Morgan fingerprint density at radius 2 is 2.33 bits per heavy atom. The van der Waals surface area contributed by atoms with Crippen molar-refractivity contribution in [2.45, 2.75) is 17.4 Å². The van der Waals surface area contributed by atoms with Crippen molar-refractivity contribution in [1.82, 2.24) is 0 Å². The molecule has 80 valence electrons. The minimum absolute atomic E-state index is 0.0181. The van der Waals surface area contributed by atoms with Gasteiger partial charge in [0.05, 0.1) is 0 Å². The van der Waals surface area contributed by atoms with Crippen molar-refractivity contribution in [2.75, 3.05) is 17.7 Å². The summed E-state index contributed by atoms with van der Waals surface area (Å²) in [6.45, 7) is 0.636. The van der Waals surface area contributed by atoms with Gasteiger partial charge in [0.2, 0.25) is 5.91 Å². The Kier molecular flexibility index (Phi) is 2.98. The van der Waals surface area contributed by atoms with E-state index in [0.29, 0.717) is 13.0 Å². The van der Waals surface area contributed by atoms with E-state index >= 15 is 0 Å². The van der Waals surface area contributed by atoms with Crippen molar-refractivity contribution >= 4 is 23.4 Å². The van der Waals surface area contributed by atoms with Crippen LogP contribution in [-0.4, -0.2) is 24.7 Å². The first-order valence-electron chi connectivity index (χ1n) is 4.90. The second-order valence-electron chi connectivity index (χ2n) is 3.67. The first-order valence-corrected chi connectivity index (χ1v) is 6.13. The van der Waals surface area contributed by atoms with Gasteiger partial charge in [-0.3, -0.25) is 4.79 Å². The van der Waals surface area contributed by atoms with E-state index in [1.54, 1.807) is 16.7 Å². The van der Waals surface area contributed by atoms with E-state index in [2.05, 4.69) is 0 Å². The number of hydrogen-bond donors (Lipinski definition) is 1. The largest absolute Gasteiger partial charge is 0.326 e. The third kappa shape index (κ3) is 2.16. The molecular weight excluding hydrogens is 208 g/mol. The predicted molar refractivity (Wildman–Crippen MR) is 63.2 cm³/mol. The van der Waals surface area contributed by atoms with Gasteiger partial charge in [-0.25, -0.2) is 0 Å². The van der Waals surface area contributed by atoms with Crippen LogP contribution in [0, 0.1) is 0 Å². The molecule has 4 heteroatoms. The van der Waals surface area contributed by atoms with E-state index in [0.717, 1.165) is 5.69 Å². The molecule has 1 aromatic carbocycles. The normalized spacial score (nSPS) is 21.1. The molecule has 0 saturated carbocycles. The molecular formula is C11H14N2OS. The standard InChI is InChI=1S/C11H14N2OS/c1-15-10-4-2-3-9(6-10)13-7-8(12)5-11(13)14/h2-4,6,8H,5,7,12H2,1H3. The van der Waals surface area contributed by atoms with Crippen LogP contribution in [0.15, 0.2) is 29.2 Å². The van der Waals surface area contributed by atoms with Gasteiger partial charge in [-0.1, -0.05) is 6.07 Å². The zero-order chi connectivity index (χ0) is 10.8. The zero-order valence-electron chi connectivity index (χ0n) is 8.64. The summed E-state index contributed by atoms with van der Waals surface area (Å²) in [7, 11) is 0. The Hall–Kier alpha value is -1.00. The monoisotopic (exact) mass is 222 g/mol. The summed E-state index contributed by atoms with van der Waals surface area (Å²) in [5.41, 5.74) is 6.71. The van der Waals surface area contributed by atoms with Gasteiger partial charge in [0.1, 0.15) is 0 Å². The van der Waals surface area contributed by atoms with E-state index in [1.807, 2.05) is 30.5 Å². The van der Waals surface area contributed by atoms with Gasteiger partial charge in [-0.05, 0) is 24.5 Å². The van der Waals surface area contributed by atoms with Gasteiger partial charge in [-0.2, -0.15) is 0 Å². The molecule has 0 bridgehead atoms. The van der Waals surface area contributed by atoms with Crippen LogP contribution in [0.2, 0.25) is 0 Å². The van der Waals surface area contributed by atoms with E-state index < -0.39 is 0 Å². The number of hydrogen-bond acceptors (Lipinski definition) is 3. The minimum Gasteiger partial charge on any atom is -0.326 e. The molecule has 1 amide bonds. The molecule has 1 aliphatic heterocycles. The molecule has 1 atom stereocenters. The number of thioether (sulfide) groups is 1. The van der Waals surface area contributed by atoms with Gasteiger partial charge in [0.25, 0.3) is 0 Å². The molecule has 1 unspecified atom stereocenters. The molecule has 0 radical (unpaired) electrons. The summed E-state index contributed by atoms with van der Waals surface area (Å²) in [6.07, 6.45) is 2.49. The van der Waals surface area contributed by atoms with Gasteiger partial charge in [0, 0.05) is 29.6 Å². The van der Waals surface area contributed by atoms with E-state index in [9.17, 15) is 4.79 Å². The van der Waals surface area contributed by atoms with Crippen LogP contribution in [0.3, 0.4) is 0 Å². The lowest BCUT2D eigenvalue weighted by Gasteiger charge is -2.16. The number of anilines is 1. The van der Waals surface area contributed by atoms with Crippen LogP contribution in [-0.2, 0) is 4.79 Å². The molecule has 0 aromatic heterocycles. The first kappa shape index (κ1) is 10.5. The third-order valence-corrected chi connectivity index (χ3v) is 3.25. The molecule has 3 nitrogen and oxygen atoms in total. The minimum atomic E-state index is -0.0181. The average molecular weight is 222 g/mol. The van der Waals surface area contributed by atoms with E-state index in [4.69, 9.17) is 5.73 Å². The van der Waals surface area contributed by atoms with Gasteiger partial charge >= 0.3 is 0 Å². The SMILES string of the molecule is CSc1cccc(N2CC(N)CC2=O)c1. The highest BCUT2D eigenvalue weighted by molar-refractivity contribution is 7.98. The number of amides is 1. The second-order valence-corrected chi connectivity index (χ2v) is 4.55. The fourth-order valence-corrected chi connectivity index (χ4v) is 2.22. The summed E-state index contributed by atoms with van der Waals surface area (Å²) in [4.78, 5) is 14.6. The number of carbonyl (C=O) groups excluding carboxylic acids is 1. The molecule has 1 saturated heterocycles. The first-order chi connectivity index (χ1) is 7.20. The topological polar surface area (TPSA) is 46.3 Å². The smallest absolute Gasteiger partial charge is 0.228 e. The third-order valence-electron chi connectivity index (χ3n) is 2.52. The number of rotatable bonds is 2. The molecule has 1 aliphatic rings. The molecule has 0 aliphatic carbocycles. The van der Waals surface area contributed by atoms with Crippen molar-refractivity contribution in [2.24, 2.45) is 5.73 Å². The van der Waals surface area contributed by atoms with Crippen molar-refractivity contribution in [1.29, 1.82) is 0 Å². The van der Waals surface area contributed by atoms with Gasteiger partial charge in [0.15, 0.2) is 0 Å². The van der Waals surface area contributed by atoms with Gasteiger partial charge < -0.3 is 10.6 Å². The van der Waals surface area contributed by atoms with Crippen molar-refractivity contribution < 1.29 is 4.79 Å². The number of benzene rings is 1. The quantitative estimate of drug-likeness (QED) is 0.771. The Labute approximate surface area is 93.6 Å². The number of nitrogens with two attached hydrogens (primary N) is 1. The summed E-state index contributed by atoms with van der Waals surface area (Å²) in [5.74, 6) is 0.126. The van der Waals surface area contributed by atoms with Crippen molar-refractivity contribution in [3.8, 4) is 0 Å². The zero-order valence-corrected chi connectivity index (χ0v) is 9.46. The lowest BCUT2D eigenvalue weighted by atomic mass is 10.3. The Morgan fingerprint density at radius 3 is 2.93 bits per heavy atom. The molecule has 1 aromatic rings. The molecule has 1 heterocycles. The second kappa shape index (κ2) is 4.24. The molecule has 2 N–H and O–H groups in total. The lowest BCUT2D eigenvalue weighted by molar-refractivity contribution is -0.117. The van der Waals surface area contributed by atoms with Crippen molar-refractivity contribution in [3.63, 3.8) is 0 Å². The van der Waals surface area contributed by atoms with Crippen LogP contribution in [0.25, 0.3) is 0 Å². The van der Waals surface area contributed by atoms with Gasteiger partial charge in [-0.15, -0.1) is 11.8 Å². The van der Waals surface area contributed by atoms with Crippen LogP contribution in [0.4, 0.5) is 5.69 Å². The van der Waals surface area contributed by atoms with Crippen LogP contribution < -0.4 is 10.6 Å². The van der Waals surface area contributed by atoms with Crippen LogP contribution in [0.5, 0.6) is 0 Å². The highest BCUT2D eigenvalue weighted by Gasteiger charge is 2.27. The molecule has 2 rings (SSSR count). The molecule has 15 heavy (non-hydrogen) atoms. The summed E-state index contributed by atoms with van der Waals surface area (Å²) in [5, 5.41) is 0. The summed E-state index contributed by atoms with van der Waals surface area (Å²) < 4.78 is 0. The maximum atomic E-state index is 11.6. The van der Waals surface area contributed by atoms with Crippen molar-refractivity contribution in [3.05, 3.63) is 24.3 Å². The number of carbonyl (C=O) groups is 1. The Bertz CT molecular complexity index is 381. The predicted octanol–water partition coefficient (Wildman–Crippen LogP) is 1.47. The van der Waals surface area contributed by atoms with E-state index in [-0.39, 0.29) is 11.9 Å². The molecule has 0 spiro atoms. The summed E-state index contributed by atoms with van der Waals surface area (Å²) in [6, 6.07) is 7.97. The maximum Gasteiger partial charge on any atom is 0.228 e. The maximum absolute atomic E-state index is 11.6. The highest BCUT2D eigenvalue weighted by Crippen LogP contribution is 2.25. The Balaban J connectivity index is 2.25.